The molecule has 2 rings (SSSR count). The molecule has 0 saturated carbocycles. The van der Waals surface area contributed by atoms with Crippen LogP contribution >= 0.6 is 0 Å². The Kier molecular flexibility index (Phi) is 3.78. The van der Waals surface area contributed by atoms with E-state index in [-0.39, 0.29) is 5.91 Å². The summed E-state index contributed by atoms with van der Waals surface area (Å²) in [5, 5.41) is 13.2. The van der Waals surface area contributed by atoms with Gasteiger partial charge in [0.1, 0.15) is 5.69 Å². The molecular weight excluding hydrogens is 216 g/mol. The van der Waals surface area contributed by atoms with Gasteiger partial charge in [-0.3, -0.25) is 9.89 Å². The van der Waals surface area contributed by atoms with Crippen molar-refractivity contribution in [1.29, 1.82) is 0 Å². The molecule has 2 heterocycles. The van der Waals surface area contributed by atoms with Crippen molar-refractivity contribution in [3.63, 3.8) is 0 Å². The fourth-order valence-electron chi connectivity index (χ4n) is 1.99. The van der Waals surface area contributed by atoms with Gasteiger partial charge in [0.15, 0.2) is 0 Å². The van der Waals surface area contributed by atoms with Crippen molar-refractivity contribution in [2.24, 2.45) is 0 Å². The number of carbonyl (C=O) groups excluding carboxylic acids is 1. The smallest absolute Gasteiger partial charge is 0.271 e. The molecule has 17 heavy (non-hydrogen) atoms. The fourth-order valence-corrected chi connectivity index (χ4v) is 1.99. The average Bonchev–Trinajstić information content (AvgIpc) is 2.96. The van der Waals surface area contributed by atoms with Gasteiger partial charge in [-0.1, -0.05) is 13.8 Å². The Morgan fingerprint density at radius 3 is 3.06 bits per heavy atom. The second-order valence-electron chi connectivity index (χ2n) is 4.87. The molecule has 1 unspecified atom stereocenters. The minimum Gasteiger partial charge on any atom is -0.349 e. The number of amides is 1. The maximum Gasteiger partial charge on any atom is 0.271 e. The number of hydrogen-bond donors (Lipinski definition) is 3. The molecule has 3 N–H and O–H groups in total. The SMILES string of the molecule is CC(C)c1cc(C(=O)NCC2CCCN2)n[nH]1. The topological polar surface area (TPSA) is 69.8 Å². The molecule has 5 nitrogen and oxygen atoms in total. The Morgan fingerprint density at radius 1 is 1.65 bits per heavy atom. The zero-order valence-corrected chi connectivity index (χ0v) is 10.4. The highest BCUT2D eigenvalue weighted by atomic mass is 16.1. The molecule has 1 aliphatic heterocycles. The lowest BCUT2D eigenvalue weighted by Crippen LogP contribution is -2.37. The number of aromatic nitrogens is 2. The highest BCUT2D eigenvalue weighted by Gasteiger charge is 2.16. The molecule has 1 saturated heterocycles. The number of nitrogens with zero attached hydrogens (tertiary/aromatic N) is 1. The number of rotatable bonds is 4. The monoisotopic (exact) mass is 236 g/mol. The van der Waals surface area contributed by atoms with Gasteiger partial charge >= 0.3 is 0 Å². The molecule has 0 bridgehead atoms. The first kappa shape index (κ1) is 12.1. The molecule has 0 aliphatic carbocycles. The van der Waals surface area contributed by atoms with E-state index in [4.69, 9.17) is 0 Å². The van der Waals surface area contributed by atoms with Gasteiger partial charge in [-0.2, -0.15) is 5.10 Å². The van der Waals surface area contributed by atoms with Crippen molar-refractivity contribution in [2.45, 2.75) is 38.6 Å². The molecule has 5 heteroatoms. The Morgan fingerprint density at radius 2 is 2.47 bits per heavy atom. The van der Waals surface area contributed by atoms with E-state index in [9.17, 15) is 4.79 Å². The van der Waals surface area contributed by atoms with Crippen LogP contribution in [0, 0.1) is 0 Å². The molecule has 0 radical (unpaired) electrons. The highest BCUT2D eigenvalue weighted by molar-refractivity contribution is 5.92. The summed E-state index contributed by atoms with van der Waals surface area (Å²) in [6, 6.07) is 2.24. The third-order valence-electron chi connectivity index (χ3n) is 3.12. The molecular formula is C12H20N4O. The molecule has 1 atom stereocenters. The summed E-state index contributed by atoms with van der Waals surface area (Å²) >= 11 is 0. The van der Waals surface area contributed by atoms with Crippen LogP contribution in [-0.2, 0) is 0 Å². The minimum atomic E-state index is -0.0955. The first-order valence-electron chi connectivity index (χ1n) is 6.23. The first-order valence-corrected chi connectivity index (χ1v) is 6.23. The van der Waals surface area contributed by atoms with E-state index >= 15 is 0 Å². The van der Waals surface area contributed by atoms with Gasteiger partial charge in [0.05, 0.1) is 0 Å². The Labute approximate surface area is 101 Å². The first-order chi connectivity index (χ1) is 8.16. The molecule has 1 aromatic rings. The summed E-state index contributed by atoms with van der Waals surface area (Å²) in [6.07, 6.45) is 2.33. The van der Waals surface area contributed by atoms with Crippen LogP contribution < -0.4 is 10.6 Å². The van der Waals surface area contributed by atoms with Crippen molar-refractivity contribution in [3.8, 4) is 0 Å². The molecule has 1 aliphatic rings. The van der Waals surface area contributed by atoms with E-state index in [1.165, 1.54) is 6.42 Å². The van der Waals surface area contributed by atoms with Gasteiger partial charge in [0.2, 0.25) is 0 Å². The Balaban J connectivity index is 1.85. The largest absolute Gasteiger partial charge is 0.349 e. The third-order valence-corrected chi connectivity index (χ3v) is 3.12. The van der Waals surface area contributed by atoms with Crippen LogP contribution in [0.15, 0.2) is 6.07 Å². The maximum atomic E-state index is 11.8. The summed E-state index contributed by atoms with van der Waals surface area (Å²) < 4.78 is 0. The number of nitrogens with one attached hydrogen (secondary N) is 3. The van der Waals surface area contributed by atoms with Gasteiger partial charge in [0.25, 0.3) is 5.91 Å². The van der Waals surface area contributed by atoms with Gasteiger partial charge in [0, 0.05) is 18.3 Å². The Bertz CT molecular complexity index is 380. The lowest BCUT2D eigenvalue weighted by molar-refractivity contribution is 0.0945. The quantitative estimate of drug-likeness (QED) is 0.731. The van der Waals surface area contributed by atoms with E-state index in [0.717, 1.165) is 18.7 Å². The van der Waals surface area contributed by atoms with Crippen molar-refractivity contribution in [2.75, 3.05) is 13.1 Å². The van der Waals surface area contributed by atoms with E-state index < -0.39 is 0 Å². The standard InChI is InChI=1S/C12H20N4O/c1-8(2)10-6-11(16-15-10)12(17)14-7-9-4-3-5-13-9/h6,8-9,13H,3-5,7H2,1-2H3,(H,14,17)(H,15,16). The van der Waals surface area contributed by atoms with Crippen LogP contribution in [0.1, 0.15) is 48.8 Å². The number of carbonyl (C=O) groups is 1. The average molecular weight is 236 g/mol. The van der Waals surface area contributed by atoms with Crippen LogP contribution in [0.4, 0.5) is 0 Å². The lowest BCUT2D eigenvalue weighted by atomic mass is 10.1. The predicted octanol–water partition coefficient (Wildman–Crippen LogP) is 1.01. The van der Waals surface area contributed by atoms with Crippen molar-refractivity contribution < 1.29 is 4.79 Å². The Hall–Kier alpha value is -1.36. The minimum absolute atomic E-state index is 0.0955. The normalized spacial score (nSPS) is 19.8. The number of H-pyrrole nitrogens is 1. The molecule has 0 aromatic carbocycles. The van der Waals surface area contributed by atoms with Crippen LogP contribution in [0.2, 0.25) is 0 Å². The summed E-state index contributed by atoms with van der Waals surface area (Å²) in [4.78, 5) is 11.8. The number of aromatic amines is 1. The molecule has 1 aromatic heterocycles. The second-order valence-corrected chi connectivity index (χ2v) is 4.87. The summed E-state index contributed by atoms with van der Waals surface area (Å²) in [5.74, 6) is 0.266. The van der Waals surface area contributed by atoms with Crippen molar-refractivity contribution >= 4 is 5.91 Å². The van der Waals surface area contributed by atoms with E-state index in [0.29, 0.717) is 24.2 Å². The van der Waals surface area contributed by atoms with Gasteiger partial charge in [-0.05, 0) is 31.4 Å². The summed E-state index contributed by atoms with van der Waals surface area (Å²) in [6.45, 7) is 5.87. The summed E-state index contributed by atoms with van der Waals surface area (Å²) in [7, 11) is 0. The highest BCUT2D eigenvalue weighted by Crippen LogP contribution is 2.11. The van der Waals surface area contributed by atoms with Crippen LogP contribution in [0.3, 0.4) is 0 Å². The van der Waals surface area contributed by atoms with E-state index in [1.54, 1.807) is 0 Å². The van der Waals surface area contributed by atoms with Gasteiger partial charge in [-0.15, -0.1) is 0 Å². The zero-order valence-electron chi connectivity index (χ0n) is 10.4. The van der Waals surface area contributed by atoms with Crippen LogP contribution in [0.25, 0.3) is 0 Å². The van der Waals surface area contributed by atoms with E-state index in [2.05, 4.69) is 34.7 Å². The van der Waals surface area contributed by atoms with Crippen molar-refractivity contribution in [1.82, 2.24) is 20.8 Å². The van der Waals surface area contributed by atoms with Crippen LogP contribution in [0.5, 0.6) is 0 Å². The zero-order chi connectivity index (χ0) is 12.3. The second kappa shape index (κ2) is 5.31. The van der Waals surface area contributed by atoms with E-state index in [1.807, 2.05) is 6.07 Å². The third kappa shape index (κ3) is 3.06. The molecule has 0 spiro atoms. The van der Waals surface area contributed by atoms with Crippen molar-refractivity contribution in [3.05, 3.63) is 17.5 Å². The van der Waals surface area contributed by atoms with Gasteiger partial charge in [-0.25, -0.2) is 0 Å². The summed E-state index contributed by atoms with van der Waals surface area (Å²) in [5.41, 5.74) is 1.47. The van der Waals surface area contributed by atoms with Gasteiger partial charge < -0.3 is 10.6 Å². The lowest BCUT2D eigenvalue weighted by Gasteiger charge is -2.10. The van der Waals surface area contributed by atoms with Crippen LogP contribution in [-0.4, -0.2) is 35.2 Å². The molecule has 1 amide bonds. The maximum absolute atomic E-state index is 11.8. The molecule has 1 fully saturated rings. The number of hydrogen-bond acceptors (Lipinski definition) is 3. The predicted molar refractivity (Wildman–Crippen MR) is 66.0 cm³/mol. The fraction of sp³-hybridized carbons (Fsp3) is 0.667. The molecule has 94 valence electrons.